The smallest absolute Gasteiger partial charge is 0.357 e. The van der Waals surface area contributed by atoms with Gasteiger partial charge in [-0.3, -0.25) is 4.57 Å². The van der Waals surface area contributed by atoms with E-state index in [0.29, 0.717) is 33.0 Å². The molecular formula is C40H73O10P. The molecule has 2 N–H and O–H groups in total. The van der Waals surface area contributed by atoms with E-state index in [9.17, 15) is 9.67 Å². The molecule has 0 saturated heterocycles. The molecule has 2 rings (SSSR count). The van der Waals surface area contributed by atoms with E-state index in [2.05, 4.69) is 60.1 Å². The fourth-order valence-electron chi connectivity index (χ4n) is 6.76. The van der Waals surface area contributed by atoms with E-state index in [4.69, 9.17) is 33.5 Å². The van der Waals surface area contributed by atoms with Gasteiger partial charge in [-0.25, -0.2) is 5.26 Å². The third-order valence-corrected chi connectivity index (χ3v) is 11.9. The highest BCUT2D eigenvalue weighted by Gasteiger charge is 2.34. The van der Waals surface area contributed by atoms with Crippen LogP contribution in [0, 0.1) is 38.5 Å². The summed E-state index contributed by atoms with van der Waals surface area (Å²) in [4.78, 5) is 0. The highest BCUT2D eigenvalue weighted by Crippen LogP contribution is 2.47. The first-order valence-electron chi connectivity index (χ1n) is 19.7. The molecule has 0 saturated carbocycles. The first kappa shape index (κ1) is 45.9. The number of benzene rings is 1. The van der Waals surface area contributed by atoms with Crippen molar-refractivity contribution in [1.82, 2.24) is 0 Å². The lowest BCUT2D eigenvalue weighted by Gasteiger charge is -2.38. The van der Waals surface area contributed by atoms with Crippen molar-refractivity contribution < 1.29 is 47.8 Å². The highest BCUT2D eigenvalue weighted by molar-refractivity contribution is 7.53. The molecule has 0 spiro atoms. The van der Waals surface area contributed by atoms with Crippen LogP contribution >= 0.6 is 7.60 Å². The maximum Gasteiger partial charge on any atom is 0.357 e. The van der Waals surface area contributed by atoms with Crippen molar-refractivity contribution in [1.29, 1.82) is 0 Å². The molecule has 0 aliphatic carbocycles. The van der Waals surface area contributed by atoms with Gasteiger partial charge in [-0.1, -0.05) is 79.6 Å². The first-order valence-corrected chi connectivity index (χ1v) is 21.4. The molecule has 0 radical (unpaired) electrons. The van der Waals surface area contributed by atoms with Crippen LogP contribution in [0.15, 0.2) is 0 Å². The van der Waals surface area contributed by atoms with Gasteiger partial charge in [0, 0.05) is 11.7 Å². The summed E-state index contributed by atoms with van der Waals surface area (Å²) in [5, 5.41) is 18.5. The largest absolute Gasteiger partial charge is 0.491 e. The van der Waals surface area contributed by atoms with Gasteiger partial charge in [-0.05, 0) is 87.8 Å². The van der Waals surface area contributed by atoms with Crippen LogP contribution in [0.3, 0.4) is 0 Å². The molecular weight excluding hydrogens is 671 g/mol. The predicted octanol–water partition coefficient (Wildman–Crippen LogP) is 9.64. The summed E-state index contributed by atoms with van der Waals surface area (Å²) in [5.41, 5.74) is 4.62. The van der Waals surface area contributed by atoms with Gasteiger partial charge in [0.2, 0.25) is 0 Å². The fraction of sp³-hybridized carbons (Fsp3) is 0.850. The van der Waals surface area contributed by atoms with Crippen LogP contribution in [-0.4, -0.2) is 81.1 Å². The molecule has 10 nitrogen and oxygen atoms in total. The van der Waals surface area contributed by atoms with Crippen molar-refractivity contribution in [3.63, 3.8) is 0 Å². The molecule has 51 heavy (non-hydrogen) atoms. The molecule has 1 aromatic rings. The standard InChI is InChI=1S/C40H73O10P/c1-10-51(43,50-42)48-29-36(41)28-46-25-24-44-22-23-45-26-27-47-38-33(6)34(7)39-37(35(38)8)19-21-40(9,49-39)20-13-18-32(5)17-12-16-31(4)15-11-14-30(2)3/h30-32,36,41-42H,10-29H2,1-9H3/t31-,32-,36?,40-,51?/m1/s1. The third-order valence-electron chi connectivity index (χ3n) is 10.3. The molecule has 0 aromatic heterocycles. The van der Waals surface area contributed by atoms with Gasteiger partial charge in [0.1, 0.15) is 29.8 Å². The van der Waals surface area contributed by atoms with Gasteiger partial charge in [0.05, 0.1) is 46.2 Å². The number of aliphatic hydroxyl groups is 1. The van der Waals surface area contributed by atoms with Crippen LogP contribution in [0.1, 0.15) is 128 Å². The van der Waals surface area contributed by atoms with Crippen LogP contribution in [0.4, 0.5) is 0 Å². The second kappa shape index (κ2) is 24.2. The Hall–Kier alpha value is -1.23. The van der Waals surface area contributed by atoms with E-state index in [0.717, 1.165) is 54.1 Å². The quantitative estimate of drug-likeness (QED) is 0.0355. The normalized spacial score (nSPS) is 19.0. The van der Waals surface area contributed by atoms with Crippen molar-refractivity contribution in [2.24, 2.45) is 17.8 Å². The molecule has 11 heteroatoms. The zero-order valence-electron chi connectivity index (χ0n) is 33.6. The Balaban J connectivity index is 1.65. The second-order valence-electron chi connectivity index (χ2n) is 15.5. The lowest BCUT2D eigenvalue weighted by Crippen LogP contribution is -2.37. The number of aliphatic hydroxyl groups excluding tert-OH is 1. The van der Waals surface area contributed by atoms with Crippen molar-refractivity contribution in [2.75, 3.05) is 59.0 Å². The Morgan fingerprint density at radius 2 is 1.35 bits per heavy atom. The molecule has 2 unspecified atom stereocenters. The zero-order valence-corrected chi connectivity index (χ0v) is 34.5. The van der Waals surface area contributed by atoms with Crippen LogP contribution < -0.4 is 9.47 Å². The molecule has 0 amide bonds. The summed E-state index contributed by atoms with van der Waals surface area (Å²) in [6.07, 6.45) is 12.8. The van der Waals surface area contributed by atoms with Crippen LogP contribution in [0.5, 0.6) is 11.5 Å². The lowest BCUT2D eigenvalue weighted by molar-refractivity contribution is -0.151. The first-order chi connectivity index (χ1) is 24.2. The highest BCUT2D eigenvalue weighted by atomic mass is 31.2. The molecule has 5 atom stereocenters. The maximum atomic E-state index is 11.8. The minimum atomic E-state index is -3.56. The van der Waals surface area contributed by atoms with Crippen LogP contribution in [-0.2, 0) is 34.4 Å². The topological polar surface area (TPSA) is 122 Å². The van der Waals surface area contributed by atoms with Gasteiger partial charge in [-0.15, -0.1) is 0 Å². The van der Waals surface area contributed by atoms with Crippen molar-refractivity contribution in [3.8, 4) is 11.5 Å². The average molecular weight is 745 g/mol. The Kier molecular flexibility index (Phi) is 21.8. The number of hydrogen-bond donors (Lipinski definition) is 2. The minimum Gasteiger partial charge on any atom is -0.491 e. The molecule has 0 bridgehead atoms. The van der Waals surface area contributed by atoms with Crippen LogP contribution in [0.25, 0.3) is 0 Å². The number of fused-ring (bicyclic) bond motifs is 1. The van der Waals surface area contributed by atoms with E-state index >= 15 is 0 Å². The Labute approximate surface area is 310 Å². The molecule has 1 aromatic carbocycles. The molecule has 1 aliphatic heterocycles. The van der Waals surface area contributed by atoms with Gasteiger partial charge < -0.3 is 33.3 Å². The van der Waals surface area contributed by atoms with Crippen molar-refractivity contribution >= 4 is 7.60 Å². The lowest BCUT2D eigenvalue weighted by atomic mass is 9.83. The Morgan fingerprint density at radius 1 is 0.784 bits per heavy atom. The minimum absolute atomic E-state index is 0.000367. The monoisotopic (exact) mass is 744 g/mol. The van der Waals surface area contributed by atoms with E-state index in [-0.39, 0.29) is 31.6 Å². The van der Waals surface area contributed by atoms with E-state index in [1.807, 2.05) is 0 Å². The molecule has 0 fully saturated rings. The predicted molar refractivity (Wildman–Crippen MR) is 204 cm³/mol. The van der Waals surface area contributed by atoms with Crippen molar-refractivity contribution in [2.45, 2.75) is 145 Å². The van der Waals surface area contributed by atoms with Gasteiger partial charge in [0.25, 0.3) is 0 Å². The van der Waals surface area contributed by atoms with E-state index < -0.39 is 13.7 Å². The van der Waals surface area contributed by atoms with Gasteiger partial charge in [-0.2, -0.15) is 4.67 Å². The van der Waals surface area contributed by atoms with E-state index in [1.165, 1.54) is 68.1 Å². The summed E-state index contributed by atoms with van der Waals surface area (Å²) in [6, 6.07) is 0. The summed E-state index contributed by atoms with van der Waals surface area (Å²) >= 11 is 0. The van der Waals surface area contributed by atoms with Gasteiger partial charge >= 0.3 is 7.60 Å². The summed E-state index contributed by atoms with van der Waals surface area (Å²) in [6.45, 7) is 21.9. The molecule has 1 heterocycles. The fourth-order valence-corrected chi connectivity index (χ4v) is 7.50. The second-order valence-corrected chi connectivity index (χ2v) is 17.8. The third kappa shape index (κ3) is 17.2. The SMILES string of the molecule is CCP(=O)(OO)OCC(O)COCCOCCOCCOc1c(C)c(C)c2c(c1C)CC[C@@](C)(CCC[C@H](C)CCC[C@H](C)CCCC(C)C)O2. The molecule has 1 aliphatic rings. The zero-order chi connectivity index (χ0) is 37.9. The number of rotatable bonds is 29. The number of ether oxygens (including phenoxy) is 5. The van der Waals surface area contributed by atoms with Gasteiger partial charge in [0.15, 0.2) is 0 Å². The Bertz CT molecular complexity index is 1150. The maximum absolute atomic E-state index is 11.8. The summed E-state index contributed by atoms with van der Waals surface area (Å²) in [5.74, 6) is 4.45. The average Bonchev–Trinajstić information content (AvgIpc) is 3.09. The van der Waals surface area contributed by atoms with Crippen molar-refractivity contribution in [3.05, 3.63) is 22.3 Å². The summed E-state index contributed by atoms with van der Waals surface area (Å²) < 4.78 is 50.3. The number of hydrogen-bond acceptors (Lipinski definition) is 10. The molecule has 298 valence electrons. The Morgan fingerprint density at radius 3 is 1.94 bits per heavy atom. The van der Waals surface area contributed by atoms with Crippen LogP contribution in [0.2, 0.25) is 0 Å². The van der Waals surface area contributed by atoms with E-state index in [1.54, 1.807) is 6.92 Å². The summed E-state index contributed by atoms with van der Waals surface area (Å²) in [7, 11) is -3.56.